The molecular formula is C37H40Cl3N3O6S. The standard InChI is InChI=1S/C37H40Cl3N3O6S/c1-43-24-34(33-22-31(39)23-36(40)35(33)25-43)29-3-2-4-32(21-29)50(45,46)42-14-16-48-18-20-49-19-17-47-15-13-41-37(44)28-7-5-26(6-8-28)27-9-11-30(38)12-10-27/h2-12,21-23,34,42H,13-20,24-25H2,1H3,(H,41,44)/t34-/m0/s1. The maximum atomic E-state index is 13.1. The average molecular weight is 761 g/mol. The third kappa shape index (κ3) is 10.7. The van der Waals surface area contributed by atoms with Gasteiger partial charge in [0.25, 0.3) is 5.91 Å². The number of likely N-dealkylation sites (N-methyl/N-ethyl adjacent to an activating group) is 1. The molecule has 0 aromatic heterocycles. The molecule has 0 spiro atoms. The lowest BCUT2D eigenvalue weighted by molar-refractivity contribution is 0.0162. The fourth-order valence-electron chi connectivity index (χ4n) is 5.70. The third-order valence-electron chi connectivity index (χ3n) is 8.20. The highest BCUT2D eigenvalue weighted by Gasteiger charge is 2.28. The molecule has 0 bridgehead atoms. The quantitative estimate of drug-likeness (QED) is 0.116. The number of hydrogen-bond donors (Lipinski definition) is 2. The van der Waals surface area contributed by atoms with Crippen LogP contribution in [0.1, 0.15) is 33.0 Å². The molecule has 0 aliphatic carbocycles. The second kappa shape index (κ2) is 18.5. The van der Waals surface area contributed by atoms with Crippen molar-refractivity contribution >= 4 is 50.7 Å². The highest BCUT2D eigenvalue weighted by Crippen LogP contribution is 2.38. The molecule has 50 heavy (non-hydrogen) atoms. The van der Waals surface area contributed by atoms with Crippen LogP contribution in [0, 0.1) is 0 Å². The van der Waals surface area contributed by atoms with Crippen molar-refractivity contribution in [3.63, 3.8) is 0 Å². The zero-order chi connectivity index (χ0) is 35.5. The molecule has 0 radical (unpaired) electrons. The second-order valence-electron chi connectivity index (χ2n) is 11.9. The fourth-order valence-corrected chi connectivity index (χ4v) is 7.46. The molecule has 4 aromatic carbocycles. The topological polar surface area (TPSA) is 106 Å². The van der Waals surface area contributed by atoms with E-state index in [-0.39, 0.29) is 29.9 Å². The lowest BCUT2D eigenvalue weighted by Gasteiger charge is -2.33. The van der Waals surface area contributed by atoms with E-state index in [4.69, 9.17) is 49.0 Å². The summed E-state index contributed by atoms with van der Waals surface area (Å²) in [6.07, 6.45) is 0. The number of benzene rings is 4. The lowest BCUT2D eigenvalue weighted by atomic mass is 9.85. The van der Waals surface area contributed by atoms with Gasteiger partial charge in [0.1, 0.15) is 0 Å². The van der Waals surface area contributed by atoms with E-state index in [9.17, 15) is 13.2 Å². The van der Waals surface area contributed by atoms with Crippen LogP contribution < -0.4 is 10.0 Å². The van der Waals surface area contributed by atoms with E-state index in [1.165, 1.54) is 0 Å². The number of nitrogens with zero attached hydrogens (tertiary/aromatic N) is 1. The number of carbonyl (C=O) groups excluding carboxylic acids is 1. The summed E-state index contributed by atoms with van der Waals surface area (Å²) >= 11 is 18.8. The predicted molar refractivity (Wildman–Crippen MR) is 198 cm³/mol. The van der Waals surface area contributed by atoms with E-state index in [0.29, 0.717) is 73.3 Å². The Kier molecular flexibility index (Phi) is 14.1. The summed E-state index contributed by atoms with van der Waals surface area (Å²) in [5.74, 6) is -0.240. The van der Waals surface area contributed by atoms with Gasteiger partial charge in [-0.1, -0.05) is 71.2 Å². The SMILES string of the molecule is CN1Cc2c(Cl)cc(Cl)cc2[C@H](c2cccc(S(=O)(=O)NCCOCCOCCOCCNC(=O)c3ccc(-c4ccc(Cl)cc4)cc3)c2)C1. The Hall–Kier alpha value is -3.03. The maximum Gasteiger partial charge on any atom is 0.251 e. The Morgan fingerprint density at radius 3 is 2.08 bits per heavy atom. The third-order valence-corrected chi connectivity index (χ3v) is 10.5. The van der Waals surface area contributed by atoms with Crippen molar-refractivity contribution in [2.24, 2.45) is 0 Å². The van der Waals surface area contributed by atoms with Gasteiger partial charge in [-0.05, 0) is 83.4 Å². The molecule has 1 aliphatic rings. The van der Waals surface area contributed by atoms with Gasteiger partial charge in [0.05, 0.1) is 44.5 Å². The number of fused-ring (bicyclic) bond motifs is 1. The number of amides is 1. The molecule has 1 aliphatic heterocycles. The molecule has 0 saturated carbocycles. The first-order valence-corrected chi connectivity index (χ1v) is 18.9. The van der Waals surface area contributed by atoms with E-state index < -0.39 is 10.0 Å². The largest absolute Gasteiger partial charge is 0.378 e. The van der Waals surface area contributed by atoms with E-state index in [2.05, 4.69) is 14.9 Å². The Morgan fingerprint density at radius 1 is 0.780 bits per heavy atom. The Labute approximate surface area is 308 Å². The molecular weight excluding hydrogens is 721 g/mol. The number of hydrogen-bond acceptors (Lipinski definition) is 7. The van der Waals surface area contributed by atoms with Gasteiger partial charge in [-0.25, -0.2) is 13.1 Å². The Bertz CT molecular complexity index is 1840. The lowest BCUT2D eigenvalue weighted by Crippen LogP contribution is -2.31. The van der Waals surface area contributed by atoms with E-state index in [0.717, 1.165) is 27.8 Å². The molecule has 0 saturated heterocycles. The van der Waals surface area contributed by atoms with Crippen molar-refractivity contribution in [1.29, 1.82) is 0 Å². The molecule has 5 rings (SSSR count). The van der Waals surface area contributed by atoms with Crippen LogP contribution in [0.3, 0.4) is 0 Å². The molecule has 9 nitrogen and oxygen atoms in total. The van der Waals surface area contributed by atoms with Crippen LogP contribution >= 0.6 is 34.8 Å². The second-order valence-corrected chi connectivity index (χ2v) is 14.9. The maximum absolute atomic E-state index is 13.1. The average Bonchev–Trinajstić information content (AvgIpc) is 3.10. The van der Waals surface area contributed by atoms with Gasteiger partial charge in [0.15, 0.2) is 0 Å². The smallest absolute Gasteiger partial charge is 0.251 e. The molecule has 0 unspecified atom stereocenters. The van der Waals surface area contributed by atoms with Crippen molar-refractivity contribution in [2.75, 3.05) is 66.3 Å². The summed E-state index contributed by atoms with van der Waals surface area (Å²) in [6.45, 7) is 3.83. The summed E-state index contributed by atoms with van der Waals surface area (Å²) in [5, 5.41) is 4.69. The zero-order valence-electron chi connectivity index (χ0n) is 27.7. The number of sulfonamides is 1. The zero-order valence-corrected chi connectivity index (χ0v) is 30.8. The van der Waals surface area contributed by atoms with Gasteiger partial charge in [-0.3, -0.25) is 4.79 Å². The van der Waals surface area contributed by atoms with Gasteiger partial charge in [-0.2, -0.15) is 0 Å². The normalized spacial score (nSPS) is 14.8. The summed E-state index contributed by atoms with van der Waals surface area (Å²) in [6, 6.07) is 25.5. The number of carbonyl (C=O) groups is 1. The van der Waals surface area contributed by atoms with Crippen LogP contribution in [-0.4, -0.2) is 85.5 Å². The molecule has 1 heterocycles. The van der Waals surface area contributed by atoms with Crippen LogP contribution in [0.5, 0.6) is 0 Å². The summed E-state index contributed by atoms with van der Waals surface area (Å²) in [4.78, 5) is 14.8. The van der Waals surface area contributed by atoms with Crippen LogP contribution in [0.15, 0.2) is 89.8 Å². The van der Waals surface area contributed by atoms with Gasteiger partial charge < -0.3 is 24.4 Å². The van der Waals surface area contributed by atoms with Crippen LogP contribution in [0.4, 0.5) is 0 Å². The van der Waals surface area contributed by atoms with Crippen LogP contribution in [0.2, 0.25) is 15.1 Å². The minimum atomic E-state index is -3.75. The van der Waals surface area contributed by atoms with Crippen molar-refractivity contribution < 1.29 is 27.4 Å². The van der Waals surface area contributed by atoms with E-state index in [1.54, 1.807) is 36.4 Å². The predicted octanol–water partition coefficient (Wildman–Crippen LogP) is 6.65. The van der Waals surface area contributed by atoms with Crippen molar-refractivity contribution in [2.45, 2.75) is 17.4 Å². The highest BCUT2D eigenvalue weighted by atomic mass is 35.5. The van der Waals surface area contributed by atoms with Crippen molar-refractivity contribution in [1.82, 2.24) is 14.9 Å². The molecule has 13 heteroatoms. The fraction of sp³-hybridized carbons (Fsp3) is 0.324. The first-order valence-electron chi connectivity index (χ1n) is 16.2. The number of ether oxygens (including phenoxy) is 3. The molecule has 1 atom stereocenters. The molecule has 1 amide bonds. The molecule has 4 aromatic rings. The number of nitrogens with one attached hydrogen (secondary N) is 2. The summed E-state index contributed by atoms with van der Waals surface area (Å²) in [5.41, 5.74) is 5.49. The monoisotopic (exact) mass is 759 g/mol. The molecule has 2 N–H and O–H groups in total. The Balaban J connectivity index is 0.927. The molecule has 266 valence electrons. The first kappa shape index (κ1) is 38.2. The summed E-state index contributed by atoms with van der Waals surface area (Å²) < 4.78 is 45.3. The van der Waals surface area contributed by atoms with E-state index in [1.807, 2.05) is 55.6 Å². The highest BCUT2D eigenvalue weighted by molar-refractivity contribution is 7.89. The van der Waals surface area contributed by atoms with Crippen molar-refractivity contribution in [3.8, 4) is 11.1 Å². The van der Waals surface area contributed by atoms with Crippen molar-refractivity contribution in [3.05, 3.63) is 122 Å². The first-order chi connectivity index (χ1) is 24.1. The number of rotatable bonds is 17. The number of halogens is 3. The summed E-state index contributed by atoms with van der Waals surface area (Å²) in [7, 11) is -1.74. The Morgan fingerprint density at radius 2 is 1.40 bits per heavy atom. The van der Waals surface area contributed by atoms with Crippen LogP contribution in [0.25, 0.3) is 11.1 Å². The van der Waals surface area contributed by atoms with Gasteiger partial charge in [0, 0.05) is 52.7 Å². The van der Waals surface area contributed by atoms with Crippen LogP contribution in [-0.2, 0) is 30.8 Å². The van der Waals surface area contributed by atoms with Gasteiger partial charge >= 0.3 is 0 Å². The molecule has 0 fully saturated rings. The van der Waals surface area contributed by atoms with E-state index >= 15 is 0 Å². The van der Waals surface area contributed by atoms with Gasteiger partial charge in [0.2, 0.25) is 10.0 Å². The minimum absolute atomic E-state index is 0.0689. The van der Waals surface area contributed by atoms with Gasteiger partial charge in [-0.15, -0.1) is 0 Å². The minimum Gasteiger partial charge on any atom is -0.378 e.